The third-order valence-corrected chi connectivity index (χ3v) is 4.62. The molecule has 1 rings (SSSR count). The van der Waals surface area contributed by atoms with Crippen molar-refractivity contribution in [1.82, 2.24) is 0 Å². The van der Waals surface area contributed by atoms with Crippen molar-refractivity contribution in [3.8, 4) is 0 Å². The first kappa shape index (κ1) is 19.8. The molecule has 0 aromatic heterocycles. The predicted molar refractivity (Wildman–Crippen MR) is 87.1 cm³/mol. The van der Waals surface area contributed by atoms with Gasteiger partial charge in [-0.25, -0.2) is 0 Å². The molecule has 2 heteroatoms. The van der Waals surface area contributed by atoms with E-state index in [1.807, 2.05) is 0 Å². The molecule has 1 aliphatic rings. The molecule has 0 unspecified atom stereocenters. The summed E-state index contributed by atoms with van der Waals surface area (Å²) < 4.78 is 6.53. The van der Waals surface area contributed by atoms with Gasteiger partial charge < -0.3 is 4.74 Å². The molecule has 1 nitrogen and oxygen atoms in total. The second kappa shape index (κ2) is 18.8. The number of rotatable bonds is 10. The zero-order valence-electron chi connectivity index (χ0n) is 13.2. The van der Waals surface area contributed by atoms with E-state index >= 15 is 0 Å². The third kappa shape index (κ3) is 18.8. The van der Waals surface area contributed by atoms with Gasteiger partial charge in [-0.1, -0.05) is 0 Å². The summed E-state index contributed by atoms with van der Waals surface area (Å²) in [5.41, 5.74) is 0. The minimum absolute atomic E-state index is 1.00. The third-order valence-electron chi connectivity index (χ3n) is 3.61. The molecule has 0 atom stereocenters. The second-order valence-electron chi connectivity index (χ2n) is 5.61. The van der Waals surface area contributed by atoms with Crippen molar-refractivity contribution in [2.75, 3.05) is 13.2 Å². The molecule has 1 fully saturated rings. The van der Waals surface area contributed by atoms with Crippen LogP contribution < -0.4 is 0 Å². The quantitative estimate of drug-likeness (QED) is 0.353. The van der Waals surface area contributed by atoms with E-state index < -0.39 is 0 Å². The van der Waals surface area contributed by atoms with E-state index in [0.717, 1.165) is 13.2 Å². The summed E-state index contributed by atoms with van der Waals surface area (Å²) in [6, 6.07) is 0. The van der Waals surface area contributed by atoms with Crippen molar-refractivity contribution in [3.05, 3.63) is 0 Å². The monoisotopic (exact) mass is 375 g/mol. The summed E-state index contributed by atoms with van der Waals surface area (Å²) in [5, 5.41) is 0. The summed E-state index contributed by atoms with van der Waals surface area (Å²) in [7, 11) is 0. The number of hydrogen-bond acceptors (Lipinski definition) is 1. The summed E-state index contributed by atoms with van der Waals surface area (Å²) in [6.45, 7) is 4.28. The van der Waals surface area contributed by atoms with Gasteiger partial charge in [-0.2, -0.15) is 0 Å². The Bertz CT molecular complexity index is 125. The molecule has 1 aliphatic heterocycles. The van der Waals surface area contributed by atoms with E-state index in [9.17, 15) is 0 Å². The minimum atomic E-state index is 1.00. The van der Waals surface area contributed by atoms with E-state index in [-0.39, 0.29) is 0 Å². The van der Waals surface area contributed by atoms with Crippen LogP contribution in [0, 0.1) is 0 Å². The Labute approximate surface area is 135 Å². The Morgan fingerprint density at radius 3 is 1.47 bits per heavy atom. The van der Waals surface area contributed by atoms with Crippen LogP contribution in [0.3, 0.4) is 0 Å². The fourth-order valence-electron chi connectivity index (χ4n) is 2.30. The maximum absolute atomic E-state index is 5.07. The summed E-state index contributed by atoms with van der Waals surface area (Å²) >= 11 is 1.72. The van der Waals surface area contributed by atoms with E-state index in [2.05, 4.69) is 6.92 Å². The fraction of sp³-hybridized carbons (Fsp3) is 1.00. The first-order chi connectivity index (χ1) is 9.41. The molecule has 19 heavy (non-hydrogen) atoms. The van der Waals surface area contributed by atoms with Gasteiger partial charge in [-0.05, 0) is 19.3 Å². The van der Waals surface area contributed by atoms with Crippen molar-refractivity contribution >= 4 is 22.5 Å². The Kier molecular flexibility index (Phi) is 19.5. The SMILES string of the molecule is C1CCOCC1.CCCCCCCCCCC[CH2][Sn]. The standard InChI is InChI=1S/C12H25.C5H10O.Sn/c1-3-5-7-9-11-12-10-8-6-4-2;1-2-4-6-5-3-1;/h1,3-12H2,2H3;1-5H2;. The average Bonchev–Trinajstić information content (AvgIpc) is 2.48. The van der Waals surface area contributed by atoms with Gasteiger partial charge in [0.2, 0.25) is 0 Å². The van der Waals surface area contributed by atoms with Crippen molar-refractivity contribution in [3.63, 3.8) is 0 Å². The Balaban J connectivity index is 0.000000443. The number of ether oxygens (including phenoxy) is 1. The van der Waals surface area contributed by atoms with E-state index in [4.69, 9.17) is 4.74 Å². The van der Waals surface area contributed by atoms with Gasteiger partial charge in [0, 0.05) is 13.2 Å². The van der Waals surface area contributed by atoms with Gasteiger partial charge >= 0.3 is 98.1 Å². The van der Waals surface area contributed by atoms with Gasteiger partial charge in [0.25, 0.3) is 0 Å². The topological polar surface area (TPSA) is 9.23 Å². The van der Waals surface area contributed by atoms with Crippen LogP contribution >= 0.6 is 0 Å². The zero-order chi connectivity index (χ0) is 14.0. The molecule has 0 aromatic carbocycles. The van der Waals surface area contributed by atoms with Crippen LogP contribution in [0.1, 0.15) is 90.4 Å². The zero-order valence-corrected chi connectivity index (χ0v) is 16.1. The van der Waals surface area contributed by atoms with Gasteiger partial charge in [-0.3, -0.25) is 0 Å². The van der Waals surface area contributed by atoms with Crippen LogP contribution in [0.15, 0.2) is 0 Å². The Hall–Kier alpha value is 0.759. The summed E-state index contributed by atoms with van der Waals surface area (Å²) in [6.07, 6.45) is 18.6. The molecular weight excluding hydrogens is 339 g/mol. The van der Waals surface area contributed by atoms with Gasteiger partial charge in [0.05, 0.1) is 0 Å². The van der Waals surface area contributed by atoms with Gasteiger partial charge in [-0.15, -0.1) is 0 Å². The molecule has 0 spiro atoms. The molecule has 1 heterocycles. The molecule has 1 saturated heterocycles. The van der Waals surface area contributed by atoms with Crippen molar-refractivity contribution < 1.29 is 4.74 Å². The second-order valence-corrected chi connectivity index (χ2v) is 7.03. The number of hydrogen-bond donors (Lipinski definition) is 0. The first-order valence-corrected chi connectivity index (χ1v) is 10.7. The fourth-order valence-corrected chi connectivity index (χ4v) is 3.01. The van der Waals surface area contributed by atoms with Crippen LogP contribution in [0.25, 0.3) is 0 Å². The van der Waals surface area contributed by atoms with E-state index in [1.54, 1.807) is 22.5 Å². The molecule has 0 aliphatic carbocycles. The molecule has 0 aromatic rings. The molecule has 0 N–H and O–H groups in total. The van der Waals surface area contributed by atoms with Crippen molar-refractivity contribution in [2.24, 2.45) is 0 Å². The molecular formula is C17H35OSn. The van der Waals surface area contributed by atoms with Crippen LogP contribution in [0.5, 0.6) is 0 Å². The maximum atomic E-state index is 5.07. The van der Waals surface area contributed by atoms with E-state index in [0.29, 0.717) is 0 Å². The van der Waals surface area contributed by atoms with Gasteiger partial charge in [0.15, 0.2) is 0 Å². The van der Waals surface area contributed by atoms with Crippen molar-refractivity contribution in [1.29, 1.82) is 0 Å². The first-order valence-electron chi connectivity index (χ1n) is 8.64. The Morgan fingerprint density at radius 2 is 1.16 bits per heavy atom. The van der Waals surface area contributed by atoms with Crippen LogP contribution in [-0.4, -0.2) is 35.7 Å². The summed E-state index contributed by atoms with van der Waals surface area (Å²) in [5.74, 6) is 0. The molecule has 0 saturated carbocycles. The average molecular weight is 374 g/mol. The van der Waals surface area contributed by atoms with Crippen LogP contribution in [0.2, 0.25) is 4.44 Å². The predicted octanol–water partition coefficient (Wildman–Crippen LogP) is 5.68. The normalized spacial score (nSPS) is 14.8. The molecule has 0 amide bonds. The Morgan fingerprint density at radius 1 is 0.684 bits per heavy atom. The molecule has 0 bridgehead atoms. The van der Waals surface area contributed by atoms with Crippen molar-refractivity contribution in [2.45, 2.75) is 94.8 Å². The van der Waals surface area contributed by atoms with Crippen LogP contribution in [-0.2, 0) is 4.74 Å². The molecule has 3 radical (unpaired) electrons. The van der Waals surface area contributed by atoms with Crippen LogP contribution in [0.4, 0.5) is 0 Å². The molecule has 113 valence electrons. The van der Waals surface area contributed by atoms with E-state index in [1.165, 1.54) is 87.9 Å². The number of unbranched alkanes of at least 4 members (excludes halogenated alkanes) is 9. The summed E-state index contributed by atoms with van der Waals surface area (Å²) in [4.78, 5) is 0. The van der Waals surface area contributed by atoms with Gasteiger partial charge in [0.1, 0.15) is 0 Å².